The topological polar surface area (TPSA) is 49.6 Å². The van der Waals surface area contributed by atoms with Crippen molar-refractivity contribution in [3.63, 3.8) is 0 Å². The van der Waals surface area contributed by atoms with Crippen LogP contribution in [0, 0.1) is 5.82 Å². The van der Waals surface area contributed by atoms with Gasteiger partial charge in [0.1, 0.15) is 5.82 Å². The predicted octanol–water partition coefficient (Wildman–Crippen LogP) is 0.932. The molecule has 2 N–H and O–H groups in total. The molecule has 0 radical (unpaired) electrons. The van der Waals surface area contributed by atoms with Crippen molar-refractivity contribution in [3.05, 3.63) is 24.0 Å². The number of likely N-dealkylation sites (N-methyl/N-ethyl adjacent to an activating group) is 2. The average Bonchev–Trinajstić information content (AvgIpc) is 2.16. The molecule has 0 heterocycles. The molecule has 1 aromatic carbocycles. The van der Waals surface area contributed by atoms with Gasteiger partial charge in [-0.1, -0.05) is 0 Å². The predicted molar refractivity (Wildman–Crippen MR) is 62.8 cm³/mol. The number of nitrogens with two attached hydrogens (primary N) is 1. The third-order valence-electron chi connectivity index (χ3n) is 2.25. The summed E-state index contributed by atoms with van der Waals surface area (Å²) in [6.45, 7) is 0.133. The largest absolute Gasteiger partial charge is 0.399 e. The van der Waals surface area contributed by atoms with Gasteiger partial charge in [-0.2, -0.15) is 0 Å². The first-order chi connectivity index (χ1) is 7.41. The second-order valence-corrected chi connectivity index (χ2v) is 3.86. The summed E-state index contributed by atoms with van der Waals surface area (Å²) in [5, 5.41) is 0. The number of halogens is 1. The molecule has 1 aromatic rings. The Morgan fingerprint density at radius 2 is 2.00 bits per heavy atom. The Hall–Kier alpha value is -1.78. The van der Waals surface area contributed by atoms with Crippen molar-refractivity contribution < 1.29 is 9.18 Å². The van der Waals surface area contributed by atoms with Crippen LogP contribution >= 0.6 is 0 Å². The number of rotatable bonds is 3. The molecule has 0 aliphatic carbocycles. The summed E-state index contributed by atoms with van der Waals surface area (Å²) in [6.07, 6.45) is 0. The third kappa shape index (κ3) is 2.85. The molecular weight excluding hydrogens is 209 g/mol. The van der Waals surface area contributed by atoms with Gasteiger partial charge in [-0.15, -0.1) is 0 Å². The van der Waals surface area contributed by atoms with E-state index in [1.54, 1.807) is 38.2 Å². The van der Waals surface area contributed by atoms with Crippen LogP contribution in [0.4, 0.5) is 15.8 Å². The SMILES string of the molecule is CN(C)C(=O)CN(C)c1ccc(N)cc1F. The highest BCUT2D eigenvalue weighted by Crippen LogP contribution is 2.20. The monoisotopic (exact) mass is 225 g/mol. The van der Waals surface area contributed by atoms with Gasteiger partial charge in [-0.3, -0.25) is 4.79 Å². The van der Waals surface area contributed by atoms with Gasteiger partial charge in [-0.05, 0) is 18.2 Å². The number of hydrogen-bond acceptors (Lipinski definition) is 3. The lowest BCUT2D eigenvalue weighted by Crippen LogP contribution is -2.34. The van der Waals surface area contributed by atoms with Crippen LogP contribution in [0.3, 0.4) is 0 Å². The minimum atomic E-state index is -0.422. The van der Waals surface area contributed by atoms with E-state index in [1.165, 1.54) is 11.0 Å². The molecule has 88 valence electrons. The number of carbonyl (C=O) groups is 1. The van der Waals surface area contributed by atoms with Crippen molar-refractivity contribution in [1.82, 2.24) is 4.90 Å². The van der Waals surface area contributed by atoms with Crippen molar-refractivity contribution >= 4 is 17.3 Å². The number of nitrogen functional groups attached to an aromatic ring is 1. The number of amides is 1. The van der Waals surface area contributed by atoms with E-state index in [-0.39, 0.29) is 12.5 Å². The molecule has 0 aliphatic heterocycles. The maximum atomic E-state index is 13.5. The summed E-state index contributed by atoms with van der Waals surface area (Å²) in [6, 6.07) is 4.41. The lowest BCUT2D eigenvalue weighted by Gasteiger charge is -2.21. The molecule has 0 saturated heterocycles. The van der Waals surface area contributed by atoms with Crippen LogP contribution in [-0.4, -0.2) is 38.5 Å². The Balaban J connectivity index is 2.80. The van der Waals surface area contributed by atoms with Gasteiger partial charge in [0.15, 0.2) is 0 Å². The molecule has 0 fully saturated rings. The first-order valence-electron chi connectivity index (χ1n) is 4.88. The van der Waals surface area contributed by atoms with Gasteiger partial charge >= 0.3 is 0 Å². The number of nitrogens with zero attached hydrogens (tertiary/aromatic N) is 2. The Morgan fingerprint density at radius 3 is 2.50 bits per heavy atom. The highest BCUT2D eigenvalue weighted by molar-refractivity contribution is 5.81. The molecule has 0 spiro atoms. The standard InChI is InChI=1S/C11H16FN3O/c1-14(2)11(16)7-15(3)10-5-4-8(13)6-9(10)12/h4-6H,7,13H2,1-3H3. The number of anilines is 2. The molecule has 16 heavy (non-hydrogen) atoms. The molecule has 4 nitrogen and oxygen atoms in total. The summed E-state index contributed by atoms with van der Waals surface area (Å²) >= 11 is 0. The van der Waals surface area contributed by atoms with E-state index in [1.807, 2.05) is 0 Å². The second-order valence-electron chi connectivity index (χ2n) is 3.86. The van der Waals surface area contributed by atoms with Crippen LogP contribution in [0.5, 0.6) is 0 Å². The van der Waals surface area contributed by atoms with Crippen molar-refractivity contribution in [2.45, 2.75) is 0 Å². The van der Waals surface area contributed by atoms with E-state index in [2.05, 4.69) is 0 Å². The summed E-state index contributed by atoms with van der Waals surface area (Å²) in [5.41, 5.74) is 6.18. The van der Waals surface area contributed by atoms with Crippen LogP contribution in [0.25, 0.3) is 0 Å². The molecule has 1 rings (SSSR count). The highest BCUT2D eigenvalue weighted by atomic mass is 19.1. The smallest absolute Gasteiger partial charge is 0.241 e. The van der Waals surface area contributed by atoms with Gasteiger partial charge in [0.05, 0.1) is 12.2 Å². The zero-order valence-electron chi connectivity index (χ0n) is 9.70. The van der Waals surface area contributed by atoms with Crippen LogP contribution in [0.1, 0.15) is 0 Å². The zero-order chi connectivity index (χ0) is 12.3. The van der Waals surface area contributed by atoms with E-state index >= 15 is 0 Å². The van der Waals surface area contributed by atoms with Crippen molar-refractivity contribution in [3.8, 4) is 0 Å². The van der Waals surface area contributed by atoms with Gasteiger partial charge in [0.2, 0.25) is 5.91 Å². The van der Waals surface area contributed by atoms with E-state index in [0.717, 1.165) is 0 Å². The molecule has 0 aromatic heterocycles. The van der Waals surface area contributed by atoms with Crippen molar-refractivity contribution in [2.75, 3.05) is 38.3 Å². The first kappa shape index (κ1) is 12.3. The lowest BCUT2D eigenvalue weighted by molar-refractivity contribution is -0.127. The molecule has 0 aliphatic rings. The second kappa shape index (κ2) is 4.83. The Morgan fingerprint density at radius 1 is 1.38 bits per heavy atom. The van der Waals surface area contributed by atoms with E-state index in [9.17, 15) is 9.18 Å². The average molecular weight is 225 g/mol. The van der Waals surface area contributed by atoms with Crippen molar-refractivity contribution in [1.29, 1.82) is 0 Å². The molecule has 0 saturated carbocycles. The molecule has 5 heteroatoms. The first-order valence-corrected chi connectivity index (χ1v) is 4.88. The fourth-order valence-corrected chi connectivity index (χ4v) is 1.26. The molecule has 0 atom stereocenters. The molecule has 0 bridgehead atoms. The van der Waals surface area contributed by atoms with Gasteiger partial charge in [0.25, 0.3) is 0 Å². The molecule has 0 unspecified atom stereocenters. The summed E-state index contributed by atoms with van der Waals surface area (Å²) in [4.78, 5) is 14.5. The van der Waals surface area contributed by atoms with Gasteiger partial charge < -0.3 is 15.5 Å². The maximum absolute atomic E-state index is 13.5. The fourth-order valence-electron chi connectivity index (χ4n) is 1.26. The number of benzene rings is 1. The molecular formula is C11H16FN3O. The quantitative estimate of drug-likeness (QED) is 0.779. The number of hydrogen-bond donors (Lipinski definition) is 1. The summed E-state index contributed by atoms with van der Waals surface area (Å²) in [5.74, 6) is -0.507. The van der Waals surface area contributed by atoms with Crippen LogP contribution in [0.2, 0.25) is 0 Å². The van der Waals surface area contributed by atoms with Crippen LogP contribution in [0.15, 0.2) is 18.2 Å². The third-order valence-corrected chi connectivity index (χ3v) is 2.25. The Bertz CT molecular complexity index is 393. The Labute approximate surface area is 94.4 Å². The molecule has 1 amide bonds. The minimum Gasteiger partial charge on any atom is -0.399 e. The van der Waals surface area contributed by atoms with E-state index in [4.69, 9.17) is 5.73 Å². The van der Waals surface area contributed by atoms with E-state index in [0.29, 0.717) is 11.4 Å². The zero-order valence-corrected chi connectivity index (χ0v) is 9.70. The maximum Gasteiger partial charge on any atom is 0.241 e. The minimum absolute atomic E-state index is 0.0845. The summed E-state index contributed by atoms with van der Waals surface area (Å²) in [7, 11) is 4.99. The van der Waals surface area contributed by atoms with E-state index < -0.39 is 5.82 Å². The van der Waals surface area contributed by atoms with Crippen LogP contribution in [-0.2, 0) is 4.79 Å². The summed E-state index contributed by atoms with van der Waals surface area (Å²) < 4.78 is 13.5. The van der Waals surface area contributed by atoms with Crippen LogP contribution < -0.4 is 10.6 Å². The fraction of sp³-hybridized carbons (Fsp3) is 0.364. The normalized spacial score (nSPS) is 10.0. The lowest BCUT2D eigenvalue weighted by atomic mass is 10.2. The highest BCUT2D eigenvalue weighted by Gasteiger charge is 2.12. The van der Waals surface area contributed by atoms with Crippen molar-refractivity contribution in [2.24, 2.45) is 0 Å². The van der Waals surface area contributed by atoms with Gasteiger partial charge in [-0.25, -0.2) is 4.39 Å². The number of carbonyl (C=O) groups excluding carboxylic acids is 1. The Kier molecular flexibility index (Phi) is 3.71. The van der Waals surface area contributed by atoms with Gasteiger partial charge in [0, 0.05) is 26.8 Å².